The molecular weight excluding hydrogens is 604 g/mol. The molecule has 0 N–H and O–H groups in total. The lowest BCUT2D eigenvalue weighted by Gasteiger charge is -2.25. The van der Waals surface area contributed by atoms with E-state index in [1.165, 1.54) is 25.7 Å². The molecule has 2 aliphatic rings. The Morgan fingerprint density at radius 1 is 0.542 bits per heavy atom. The minimum atomic E-state index is 0.815. The second-order valence-electron chi connectivity index (χ2n) is 12.5. The summed E-state index contributed by atoms with van der Waals surface area (Å²) in [6.07, 6.45) is 8.59. The van der Waals surface area contributed by atoms with Crippen molar-refractivity contribution in [2.45, 2.75) is 25.7 Å². The van der Waals surface area contributed by atoms with Crippen LogP contribution >= 0.6 is 0 Å². The van der Waals surface area contributed by atoms with Gasteiger partial charge in [-0.25, -0.2) is 0 Å². The first kappa shape index (κ1) is 33.1. The average molecular weight is 653 g/mol. The summed E-state index contributed by atoms with van der Waals surface area (Å²) in [5, 5.41) is 0. The summed E-state index contributed by atoms with van der Waals surface area (Å²) in [5.74, 6) is 3.26. The molecule has 0 spiro atoms. The molecule has 6 rings (SSSR count). The van der Waals surface area contributed by atoms with E-state index >= 15 is 0 Å². The van der Waals surface area contributed by atoms with E-state index in [9.17, 15) is 0 Å². The van der Waals surface area contributed by atoms with Gasteiger partial charge in [-0.3, -0.25) is 9.97 Å². The molecule has 4 aromatic rings. The minimum Gasteiger partial charge on any atom is -0.494 e. The molecule has 48 heavy (non-hydrogen) atoms. The molecule has 2 fully saturated rings. The molecule has 4 heterocycles. The van der Waals surface area contributed by atoms with Crippen molar-refractivity contribution >= 4 is 22.7 Å². The van der Waals surface area contributed by atoms with Gasteiger partial charge in [0, 0.05) is 64.5 Å². The van der Waals surface area contributed by atoms with Crippen molar-refractivity contribution in [1.29, 1.82) is 0 Å². The number of pyridine rings is 2. The van der Waals surface area contributed by atoms with Crippen LogP contribution in [0, 0.1) is 0 Å². The number of anilines is 4. The molecule has 2 aromatic heterocycles. The lowest BCUT2D eigenvalue weighted by atomic mass is 10.1. The van der Waals surface area contributed by atoms with Gasteiger partial charge in [0.15, 0.2) is 0 Å². The number of rotatable bonds is 13. The van der Waals surface area contributed by atoms with Crippen LogP contribution in [0.5, 0.6) is 23.0 Å². The van der Waals surface area contributed by atoms with Gasteiger partial charge in [-0.2, -0.15) is 0 Å². The number of hydrogen-bond acceptors (Lipinski definition) is 10. The maximum absolute atomic E-state index is 5.81. The molecule has 254 valence electrons. The Morgan fingerprint density at radius 3 is 1.15 bits per heavy atom. The van der Waals surface area contributed by atoms with Gasteiger partial charge in [0.25, 0.3) is 0 Å². The molecule has 10 nitrogen and oxygen atoms in total. The Balaban J connectivity index is 1.10. The summed E-state index contributed by atoms with van der Waals surface area (Å²) in [5.41, 5.74) is 7.84. The zero-order valence-electron chi connectivity index (χ0n) is 29.2. The van der Waals surface area contributed by atoms with Gasteiger partial charge < -0.3 is 38.5 Å². The first-order valence-corrected chi connectivity index (χ1v) is 16.8. The zero-order chi connectivity index (χ0) is 33.6. The number of methoxy groups -OCH3 is 4. The number of ether oxygens (including phenoxy) is 4. The molecule has 0 unspecified atom stereocenters. The fourth-order valence-electron chi connectivity index (χ4n) is 6.71. The Bertz CT molecular complexity index is 1490. The molecule has 0 radical (unpaired) electrons. The molecule has 2 aromatic carbocycles. The Hall–Kier alpha value is -4.86. The van der Waals surface area contributed by atoms with Crippen LogP contribution in [0.2, 0.25) is 0 Å². The van der Waals surface area contributed by atoms with Crippen LogP contribution in [0.25, 0.3) is 22.5 Å². The second kappa shape index (κ2) is 14.9. The molecule has 0 aliphatic carbocycles. The van der Waals surface area contributed by atoms with Crippen LogP contribution in [0.3, 0.4) is 0 Å². The Labute approximate surface area is 284 Å². The van der Waals surface area contributed by atoms with Crippen LogP contribution in [-0.2, 0) is 0 Å². The van der Waals surface area contributed by atoms with E-state index in [0.29, 0.717) is 0 Å². The Morgan fingerprint density at radius 2 is 0.875 bits per heavy atom. The number of likely N-dealkylation sites (N-methyl/N-ethyl adjacent to an activating group) is 2. The third-order valence-electron chi connectivity index (χ3n) is 9.54. The topological polar surface area (TPSA) is 75.7 Å². The molecule has 2 aliphatic heterocycles. The normalized spacial score (nSPS) is 14.3. The van der Waals surface area contributed by atoms with E-state index in [0.717, 1.165) is 108 Å². The van der Waals surface area contributed by atoms with Gasteiger partial charge in [-0.1, -0.05) is 0 Å². The fourth-order valence-corrected chi connectivity index (χ4v) is 6.71. The van der Waals surface area contributed by atoms with Crippen molar-refractivity contribution < 1.29 is 18.9 Å². The van der Waals surface area contributed by atoms with E-state index in [1.54, 1.807) is 28.4 Å². The number of hydrogen-bond donors (Lipinski definition) is 0. The summed E-state index contributed by atoms with van der Waals surface area (Å²) < 4.78 is 23.2. The smallest absolute Gasteiger partial charge is 0.146 e. The van der Waals surface area contributed by atoms with Gasteiger partial charge in [-0.15, -0.1) is 0 Å². The van der Waals surface area contributed by atoms with E-state index < -0.39 is 0 Å². The van der Waals surface area contributed by atoms with Gasteiger partial charge in [0.05, 0.1) is 63.6 Å². The lowest BCUT2D eigenvalue weighted by Crippen LogP contribution is -2.30. The maximum atomic E-state index is 5.81. The molecule has 0 saturated carbocycles. The third kappa shape index (κ3) is 6.88. The summed E-state index contributed by atoms with van der Waals surface area (Å²) in [6, 6.07) is 16.6. The summed E-state index contributed by atoms with van der Waals surface area (Å²) in [6.45, 7) is 5.69. The maximum Gasteiger partial charge on any atom is 0.146 e. The van der Waals surface area contributed by atoms with Crippen LogP contribution in [0.4, 0.5) is 22.7 Å². The quantitative estimate of drug-likeness (QED) is 0.157. The molecular formula is C38H48N6O4. The molecule has 0 atom stereocenters. The van der Waals surface area contributed by atoms with Crippen molar-refractivity contribution in [1.82, 2.24) is 9.97 Å². The van der Waals surface area contributed by atoms with Crippen LogP contribution in [-0.4, -0.2) is 91.8 Å². The molecule has 0 amide bonds. The number of benzene rings is 2. The van der Waals surface area contributed by atoms with Gasteiger partial charge in [0.1, 0.15) is 34.4 Å². The highest BCUT2D eigenvalue weighted by Crippen LogP contribution is 2.44. The SMILES string of the molecule is COc1cc(-c2ccc(N(C)CCN(C)c3ccc(-c4cc(OC)c(N5CCCC5)c(OC)c4)nc3)cn2)cc(OC)c1N1CCCC1. The first-order chi connectivity index (χ1) is 23.4. The standard InChI is InChI=1S/C38H48N6O4/c1-41(29-11-13-31(39-25-29)27-21-33(45-3)37(34(22-27)46-4)43-15-7-8-16-43)19-20-42(2)30-12-14-32(40-26-30)28-23-35(47-5)38(36(24-28)48-6)44-17-9-10-18-44/h11-14,21-26H,7-10,15-20H2,1-6H3. The Kier molecular flexibility index (Phi) is 10.3. The largest absolute Gasteiger partial charge is 0.494 e. The third-order valence-corrected chi connectivity index (χ3v) is 9.54. The predicted molar refractivity (Wildman–Crippen MR) is 195 cm³/mol. The van der Waals surface area contributed by atoms with Crippen molar-refractivity contribution in [2.75, 3.05) is 101 Å². The van der Waals surface area contributed by atoms with Gasteiger partial charge in [0.2, 0.25) is 0 Å². The van der Waals surface area contributed by atoms with Crippen LogP contribution in [0.15, 0.2) is 60.9 Å². The lowest BCUT2D eigenvalue weighted by molar-refractivity contribution is 0.395. The van der Waals surface area contributed by atoms with Gasteiger partial charge in [-0.05, 0) is 74.2 Å². The number of nitrogens with zero attached hydrogens (tertiary/aromatic N) is 6. The average Bonchev–Trinajstić information content (AvgIpc) is 3.88. The van der Waals surface area contributed by atoms with Crippen LogP contribution in [0.1, 0.15) is 25.7 Å². The second-order valence-corrected chi connectivity index (χ2v) is 12.5. The van der Waals surface area contributed by atoms with E-state index in [1.807, 2.05) is 12.4 Å². The number of aromatic nitrogens is 2. The fraction of sp³-hybridized carbons (Fsp3) is 0.421. The summed E-state index contributed by atoms with van der Waals surface area (Å²) in [7, 11) is 11.0. The van der Waals surface area contributed by atoms with Crippen molar-refractivity contribution in [3.05, 3.63) is 60.9 Å². The minimum absolute atomic E-state index is 0.815. The van der Waals surface area contributed by atoms with Gasteiger partial charge >= 0.3 is 0 Å². The highest BCUT2D eigenvalue weighted by molar-refractivity contribution is 5.78. The van der Waals surface area contributed by atoms with E-state index in [2.05, 4.69) is 82.2 Å². The van der Waals surface area contributed by atoms with E-state index in [4.69, 9.17) is 28.9 Å². The highest BCUT2D eigenvalue weighted by atomic mass is 16.5. The molecule has 10 heteroatoms. The van der Waals surface area contributed by atoms with E-state index in [-0.39, 0.29) is 0 Å². The zero-order valence-corrected chi connectivity index (χ0v) is 29.2. The first-order valence-electron chi connectivity index (χ1n) is 16.8. The van der Waals surface area contributed by atoms with Crippen molar-refractivity contribution in [3.63, 3.8) is 0 Å². The predicted octanol–water partition coefficient (Wildman–Crippen LogP) is 6.62. The molecule has 0 bridgehead atoms. The highest BCUT2D eigenvalue weighted by Gasteiger charge is 2.24. The van der Waals surface area contributed by atoms with Crippen molar-refractivity contribution in [3.8, 4) is 45.5 Å². The monoisotopic (exact) mass is 652 g/mol. The van der Waals surface area contributed by atoms with Crippen molar-refractivity contribution in [2.24, 2.45) is 0 Å². The summed E-state index contributed by atoms with van der Waals surface area (Å²) >= 11 is 0. The molecule has 2 saturated heterocycles. The van der Waals surface area contributed by atoms with Crippen LogP contribution < -0.4 is 38.5 Å². The summed E-state index contributed by atoms with van der Waals surface area (Å²) in [4.78, 5) is 18.7.